The summed E-state index contributed by atoms with van der Waals surface area (Å²) in [5.41, 5.74) is 0.149. The molecule has 1 amide bonds. The van der Waals surface area contributed by atoms with Gasteiger partial charge < -0.3 is 14.8 Å². The van der Waals surface area contributed by atoms with E-state index in [4.69, 9.17) is 4.74 Å². The summed E-state index contributed by atoms with van der Waals surface area (Å²) in [4.78, 5) is 37.9. The number of alkyl halides is 2. The number of thiazole rings is 1. The van der Waals surface area contributed by atoms with Crippen molar-refractivity contribution >= 4 is 35.4 Å². The molecule has 2 aromatic rings. The van der Waals surface area contributed by atoms with Crippen LogP contribution in [0.1, 0.15) is 45.1 Å². The first kappa shape index (κ1) is 25.6. The number of amides is 1. The molecule has 1 N–H and O–H groups in total. The van der Waals surface area contributed by atoms with E-state index in [0.717, 1.165) is 37.0 Å². The Morgan fingerprint density at radius 3 is 2.59 bits per heavy atom. The molecular formula is C24H28F2N2O5S. The molecule has 34 heavy (non-hydrogen) atoms. The predicted octanol–water partition coefficient (Wildman–Crippen LogP) is 2.38. The highest BCUT2D eigenvalue weighted by molar-refractivity contribution is 7.07. The molecule has 3 rings (SSSR count). The molecule has 184 valence electrons. The third-order valence-electron chi connectivity index (χ3n) is 5.63. The van der Waals surface area contributed by atoms with Gasteiger partial charge >= 0.3 is 12.6 Å². The van der Waals surface area contributed by atoms with Gasteiger partial charge in [0.25, 0.3) is 5.56 Å². The molecular weight excluding hydrogens is 466 g/mol. The number of nitrogens with zero attached hydrogens (tertiary/aromatic N) is 1. The maximum atomic E-state index is 13.1. The molecule has 1 aromatic heterocycles. The molecule has 1 heterocycles. The van der Waals surface area contributed by atoms with E-state index < -0.39 is 18.1 Å². The van der Waals surface area contributed by atoms with Gasteiger partial charge in [0.2, 0.25) is 5.91 Å². The van der Waals surface area contributed by atoms with Crippen LogP contribution in [-0.4, -0.2) is 35.7 Å². The standard InChI is InChI=1S/C24H28F2N2O5S/c1-3-32-22(30)13-21-28(14-20(29)27-18-7-5-4-6-15(18)2)23(31)19(34-21)12-16-8-10-17(11-9-16)33-24(25)26/h8-13,15,18,24H,3-7,14H2,1-2H3,(H,27,29)/b19-12+,21-13-. The van der Waals surface area contributed by atoms with Gasteiger partial charge in [0.15, 0.2) is 0 Å². The van der Waals surface area contributed by atoms with E-state index in [1.165, 1.54) is 34.9 Å². The lowest BCUT2D eigenvalue weighted by Crippen LogP contribution is -2.45. The first-order valence-corrected chi connectivity index (χ1v) is 12.0. The largest absolute Gasteiger partial charge is 0.463 e. The van der Waals surface area contributed by atoms with E-state index in [9.17, 15) is 23.2 Å². The fourth-order valence-electron chi connectivity index (χ4n) is 3.90. The average molecular weight is 495 g/mol. The Hall–Kier alpha value is -3.01. The fraction of sp³-hybridized carbons (Fsp3) is 0.458. The van der Waals surface area contributed by atoms with E-state index in [0.29, 0.717) is 16.1 Å². The van der Waals surface area contributed by atoms with E-state index in [1.807, 2.05) is 0 Å². The quantitative estimate of drug-likeness (QED) is 0.570. The van der Waals surface area contributed by atoms with Gasteiger partial charge in [-0.1, -0.05) is 31.9 Å². The minimum Gasteiger partial charge on any atom is -0.463 e. The maximum absolute atomic E-state index is 13.1. The Morgan fingerprint density at radius 2 is 1.94 bits per heavy atom. The van der Waals surface area contributed by atoms with Crippen LogP contribution < -0.4 is 24.8 Å². The molecule has 1 fully saturated rings. The van der Waals surface area contributed by atoms with Crippen molar-refractivity contribution in [3.8, 4) is 5.75 Å². The van der Waals surface area contributed by atoms with Gasteiger partial charge in [-0.15, -0.1) is 11.3 Å². The van der Waals surface area contributed by atoms with Crippen LogP contribution in [0.15, 0.2) is 29.1 Å². The van der Waals surface area contributed by atoms with Crippen LogP contribution in [0.25, 0.3) is 12.2 Å². The summed E-state index contributed by atoms with van der Waals surface area (Å²) in [5, 5.41) is 3.02. The summed E-state index contributed by atoms with van der Waals surface area (Å²) in [7, 11) is 0. The number of hydrogen-bond acceptors (Lipinski definition) is 6. The summed E-state index contributed by atoms with van der Waals surface area (Å²) in [5.74, 6) is -0.542. The number of rotatable bonds is 8. The van der Waals surface area contributed by atoms with E-state index in [-0.39, 0.29) is 35.4 Å². The Kier molecular flexibility index (Phi) is 8.98. The molecule has 2 atom stereocenters. The van der Waals surface area contributed by atoms with Gasteiger partial charge in [-0.25, -0.2) is 4.79 Å². The van der Waals surface area contributed by atoms with Crippen LogP contribution >= 0.6 is 11.3 Å². The Balaban J connectivity index is 1.91. The van der Waals surface area contributed by atoms with Crippen LogP contribution in [0, 0.1) is 5.92 Å². The monoisotopic (exact) mass is 494 g/mol. The molecule has 0 radical (unpaired) electrons. The highest BCUT2D eigenvalue weighted by atomic mass is 32.1. The summed E-state index contributed by atoms with van der Waals surface area (Å²) < 4.78 is 35.8. The lowest BCUT2D eigenvalue weighted by Gasteiger charge is -2.29. The normalized spacial score (nSPS) is 19.3. The van der Waals surface area contributed by atoms with Gasteiger partial charge in [-0.3, -0.25) is 14.2 Å². The molecule has 7 nitrogen and oxygen atoms in total. The SMILES string of the molecule is CCOC(=O)/C=c1\s/c(=C/c2ccc(OC(F)F)cc2)c(=O)n1CC(=O)NC1CCCCC1C. The zero-order chi connectivity index (χ0) is 24.7. The third kappa shape index (κ3) is 6.99. The maximum Gasteiger partial charge on any atom is 0.387 e. The van der Waals surface area contributed by atoms with Crippen molar-refractivity contribution in [2.45, 2.75) is 58.7 Å². The van der Waals surface area contributed by atoms with E-state index in [1.54, 1.807) is 13.0 Å². The second-order valence-electron chi connectivity index (χ2n) is 8.12. The second-order valence-corrected chi connectivity index (χ2v) is 9.18. The minimum absolute atomic E-state index is 0.000635. The molecule has 0 aliphatic heterocycles. The first-order chi connectivity index (χ1) is 16.3. The number of hydrogen-bond donors (Lipinski definition) is 1. The van der Waals surface area contributed by atoms with Crippen LogP contribution in [0.4, 0.5) is 8.78 Å². The van der Waals surface area contributed by atoms with E-state index >= 15 is 0 Å². The van der Waals surface area contributed by atoms with Gasteiger partial charge in [-0.05, 0) is 49.5 Å². The van der Waals surface area contributed by atoms with Crippen molar-refractivity contribution in [2.75, 3.05) is 6.61 Å². The smallest absolute Gasteiger partial charge is 0.387 e. The summed E-state index contributed by atoms with van der Waals surface area (Å²) in [6.45, 7) is 0.802. The lowest BCUT2D eigenvalue weighted by atomic mass is 9.86. The van der Waals surface area contributed by atoms with Gasteiger partial charge in [0.1, 0.15) is 17.0 Å². The Labute approximate surface area is 199 Å². The van der Waals surface area contributed by atoms with Crippen molar-refractivity contribution in [3.05, 3.63) is 49.4 Å². The minimum atomic E-state index is -2.93. The number of benzene rings is 1. The predicted molar refractivity (Wildman–Crippen MR) is 125 cm³/mol. The molecule has 1 aromatic carbocycles. The number of aromatic nitrogens is 1. The second kappa shape index (κ2) is 11.9. The zero-order valence-electron chi connectivity index (χ0n) is 19.1. The summed E-state index contributed by atoms with van der Waals surface area (Å²) in [6, 6.07) is 5.87. The average Bonchev–Trinajstić information content (AvgIpc) is 3.05. The van der Waals surface area contributed by atoms with Crippen LogP contribution in [-0.2, 0) is 20.9 Å². The van der Waals surface area contributed by atoms with E-state index in [2.05, 4.69) is 17.0 Å². The number of esters is 1. The molecule has 0 bridgehead atoms. The highest BCUT2D eigenvalue weighted by Gasteiger charge is 2.23. The number of ether oxygens (including phenoxy) is 2. The number of carbonyl (C=O) groups excluding carboxylic acids is 2. The number of carbonyl (C=O) groups is 2. The van der Waals surface area contributed by atoms with Crippen molar-refractivity contribution in [2.24, 2.45) is 5.92 Å². The van der Waals surface area contributed by atoms with Crippen molar-refractivity contribution in [1.29, 1.82) is 0 Å². The van der Waals surface area contributed by atoms with Gasteiger partial charge in [0.05, 0.1) is 17.2 Å². The molecule has 1 aliphatic rings. The molecule has 2 unspecified atom stereocenters. The van der Waals surface area contributed by atoms with Gasteiger partial charge in [0, 0.05) is 6.04 Å². The molecule has 1 aliphatic carbocycles. The van der Waals surface area contributed by atoms with Crippen molar-refractivity contribution < 1.29 is 27.8 Å². The molecule has 0 saturated heterocycles. The summed E-state index contributed by atoms with van der Waals surface area (Å²) >= 11 is 1.05. The Morgan fingerprint density at radius 1 is 1.24 bits per heavy atom. The van der Waals surface area contributed by atoms with Crippen molar-refractivity contribution in [3.63, 3.8) is 0 Å². The van der Waals surface area contributed by atoms with Crippen LogP contribution in [0.3, 0.4) is 0 Å². The molecule has 1 saturated carbocycles. The topological polar surface area (TPSA) is 86.6 Å². The van der Waals surface area contributed by atoms with Crippen molar-refractivity contribution in [1.82, 2.24) is 9.88 Å². The third-order valence-corrected chi connectivity index (χ3v) is 6.69. The summed E-state index contributed by atoms with van der Waals surface area (Å²) in [6.07, 6.45) is 6.91. The Bertz CT molecular complexity index is 1170. The number of halogens is 2. The molecule has 10 heteroatoms. The first-order valence-electron chi connectivity index (χ1n) is 11.2. The van der Waals surface area contributed by atoms with Gasteiger partial charge in [-0.2, -0.15) is 8.78 Å². The number of nitrogens with one attached hydrogen (secondary N) is 1. The van der Waals surface area contributed by atoms with Crippen LogP contribution in [0.2, 0.25) is 0 Å². The lowest BCUT2D eigenvalue weighted by molar-refractivity contribution is -0.135. The highest BCUT2D eigenvalue weighted by Crippen LogP contribution is 2.23. The fourth-order valence-corrected chi connectivity index (χ4v) is 4.93. The zero-order valence-corrected chi connectivity index (χ0v) is 19.9. The molecule has 0 spiro atoms. The van der Waals surface area contributed by atoms with Crippen LogP contribution in [0.5, 0.6) is 5.75 Å².